The standard InChI is InChI=1S/C15H20N2O/c1-17(14-6-3-2-4-7-14)11-5-10-16-13-8-9-15(18)12-13/h2-4,6-7,12,16H,5,8-11H2,1H3. The van der Waals surface area contributed by atoms with Crippen molar-refractivity contribution in [2.75, 3.05) is 25.0 Å². The predicted octanol–water partition coefficient (Wildman–Crippen LogP) is 2.35. The van der Waals surface area contributed by atoms with Crippen LogP contribution in [0.15, 0.2) is 42.1 Å². The Balaban J connectivity index is 1.67. The van der Waals surface area contributed by atoms with E-state index in [1.165, 1.54) is 5.69 Å². The van der Waals surface area contributed by atoms with Gasteiger partial charge in [-0.05, 0) is 25.0 Å². The summed E-state index contributed by atoms with van der Waals surface area (Å²) in [6.07, 6.45) is 4.36. The first-order valence-electron chi connectivity index (χ1n) is 6.49. The van der Waals surface area contributed by atoms with Crippen molar-refractivity contribution < 1.29 is 4.79 Å². The van der Waals surface area contributed by atoms with E-state index in [9.17, 15) is 4.79 Å². The maximum Gasteiger partial charge on any atom is 0.157 e. The molecule has 0 unspecified atom stereocenters. The molecule has 0 bridgehead atoms. The quantitative estimate of drug-likeness (QED) is 0.780. The summed E-state index contributed by atoms with van der Waals surface area (Å²) in [7, 11) is 2.10. The van der Waals surface area contributed by atoms with E-state index >= 15 is 0 Å². The van der Waals surface area contributed by atoms with Gasteiger partial charge in [0.25, 0.3) is 0 Å². The van der Waals surface area contributed by atoms with Crippen LogP contribution in [0.1, 0.15) is 19.3 Å². The maximum atomic E-state index is 11.1. The lowest BCUT2D eigenvalue weighted by atomic mass is 10.3. The molecule has 0 spiro atoms. The van der Waals surface area contributed by atoms with Gasteiger partial charge in [-0.3, -0.25) is 4.79 Å². The Morgan fingerprint density at radius 1 is 1.22 bits per heavy atom. The Morgan fingerprint density at radius 2 is 2.00 bits per heavy atom. The predicted molar refractivity (Wildman–Crippen MR) is 74.7 cm³/mol. The number of allylic oxidation sites excluding steroid dienone is 2. The summed E-state index contributed by atoms with van der Waals surface area (Å²) in [5.74, 6) is 0.249. The molecule has 1 aromatic carbocycles. The molecule has 0 amide bonds. The number of para-hydroxylation sites is 1. The van der Waals surface area contributed by atoms with E-state index in [-0.39, 0.29) is 5.78 Å². The third-order valence-electron chi connectivity index (χ3n) is 3.20. The van der Waals surface area contributed by atoms with E-state index in [0.29, 0.717) is 6.42 Å². The van der Waals surface area contributed by atoms with Crippen molar-refractivity contribution in [1.29, 1.82) is 0 Å². The van der Waals surface area contributed by atoms with Gasteiger partial charge in [-0.25, -0.2) is 0 Å². The molecule has 0 saturated carbocycles. The van der Waals surface area contributed by atoms with Crippen LogP contribution in [0.3, 0.4) is 0 Å². The minimum Gasteiger partial charge on any atom is -0.388 e. The van der Waals surface area contributed by atoms with Crippen molar-refractivity contribution in [3.05, 3.63) is 42.1 Å². The first kappa shape index (κ1) is 12.7. The van der Waals surface area contributed by atoms with E-state index in [4.69, 9.17) is 0 Å². The summed E-state index contributed by atoms with van der Waals surface area (Å²) in [5.41, 5.74) is 2.34. The zero-order chi connectivity index (χ0) is 12.8. The summed E-state index contributed by atoms with van der Waals surface area (Å²) < 4.78 is 0. The van der Waals surface area contributed by atoms with Crippen LogP contribution in [-0.2, 0) is 4.79 Å². The van der Waals surface area contributed by atoms with E-state index in [0.717, 1.165) is 31.6 Å². The van der Waals surface area contributed by atoms with Crippen LogP contribution in [0, 0.1) is 0 Å². The van der Waals surface area contributed by atoms with Gasteiger partial charge in [-0.2, -0.15) is 0 Å². The lowest BCUT2D eigenvalue weighted by molar-refractivity contribution is -0.114. The second-order valence-corrected chi connectivity index (χ2v) is 4.67. The highest BCUT2D eigenvalue weighted by atomic mass is 16.1. The third-order valence-corrected chi connectivity index (χ3v) is 3.20. The summed E-state index contributed by atoms with van der Waals surface area (Å²) in [6.45, 7) is 1.94. The van der Waals surface area contributed by atoms with Crippen LogP contribution in [0.4, 0.5) is 5.69 Å². The number of carbonyl (C=O) groups is 1. The highest BCUT2D eigenvalue weighted by molar-refractivity contribution is 5.92. The molecule has 18 heavy (non-hydrogen) atoms. The lowest BCUT2D eigenvalue weighted by Gasteiger charge is -2.19. The number of benzene rings is 1. The number of anilines is 1. The summed E-state index contributed by atoms with van der Waals surface area (Å²) in [6, 6.07) is 10.4. The molecule has 0 atom stereocenters. The number of rotatable bonds is 6. The molecule has 0 aliphatic heterocycles. The second kappa shape index (κ2) is 6.24. The fourth-order valence-corrected chi connectivity index (χ4v) is 2.11. The zero-order valence-corrected chi connectivity index (χ0v) is 10.9. The number of carbonyl (C=O) groups excluding carboxylic acids is 1. The van der Waals surface area contributed by atoms with Gasteiger partial charge < -0.3 is 10.2 Å². The summed E-state index contributed by atoms with van der Waals surface area (Å²) in [4.78, 5) is 13.3. The topological polar surface area (TPSA) is 32.3 Å². The van der Waals surface area contributed by atoms with Crippen LogP contribution in [0.25, 0.3) is 0 Å². The van der Waals surface area contributed by atoms with Gasteiger partial charge in [0, 0.05) is 44.0 Å². The molecular weight excluding hydrogens is 224 g/mol. The summed E-state index contributed by atoms with van der Waals surface area (Å²) >= 11 is 0. The van der Waals surface area contributed by atoms with Gasteiger partial charge in [-0.15, -0.1) is 0 Å². The lowest BCUT2D eigenvalue weighted by Crippen LogP contribution is -2.23. The molecule has 1 aromatic rings. The number of nitrogens with one attached hydrogen (secondary N) is 1. The number of hydrogen-bond donors (Lipinski definition) is 1. The minimum atomic E-state index is 0.249. The van der Waals surface area contributed by atoms with Gasteiger partial charge >= 0.3 is 0 Å². The van der Waals surface area contributed by atoms with E-state index in [1.807, 2.05) is 6.07 Å². The number of hydrogen-bond acceptors (Lipinski definition) is 3. The van der Waals surface area contributed by atoms with Gasteiger partial charge in [0.05, 0.1) is 0 Å². The van der Waals surface area contributed by atoms with Crippen LogP contribution < -0.4 is 10.2 Å². The first-order valence-corrected chi connectivity index (χ1v) is 6.49. The second-order valence-electron chi connectivity index (χ2n) is 4.67. The molecule has 0 radical (unpaired) electrons. The minimum absolute atomic E-state index is 0.249. The molecule has 0 aromatic heterocycles. The fourth-order valence-electron chi connectivity index (χ4n) is 2.11. The molecule has 3 nitrogen and oxygen atoms in total. The Labute approximate surface area is 108 Å². The first-order chi connectivity index (χ1) is 8.75. The highest BCUT2D eigenvalue weighted by Crippen LogP contribution is 2.12. The van der Waals surface area contributed by atoms with Gasteiger partial charge in [0.2, 0.25) is 0 Å². The fraction of sp³-hybridized carbons (Fsp3) is 0.400. The molecular formula is C15H20N2O. The maximum absolute atomic E-state index is 11.1. The molecule has 3 heteroatoms. The van der Waals surface area contributed by atoms with Crippen LogP contribution in [-0.4, -0.2) is 25.9 Å². The Hall–Kier alpha value is -1.77. The molecule has 0 saturated heterocycles. The Kier molecular flexibility index (Phi) is 4.40. The Bertz CT molecular complexity index is 425. The van der Waals surface area contributed by atoms with E-state index in [1.54, 1.807) is 6.08 Å². The highest BCUT2D eigenvalue weighted by Gasteiger charge is 2.10. The molecule has 96 valence electrons. The van der Waals surface area contributed by atoms with E-state index < -0.39 is 0 Å². The number of ketones is 1. The van der Waals surface area contributed by atoms with Crippen molar-refractivity contribution in [3.8, 4) is 0 Å². The van der Waals surface area contributed by atoms with Gasteiger partial charge in [0.15, 0.2) is 5.78 Å². The van der Waals surface area contributed by atoms with Gasteiger partial charge in [0.1, 0.15) is 0 Å². The van der Waals surface area contributed by atoms with E-state index in [2.05, 4.69) is 41.5 Å². The van der Waals surface area contributed by atoms with Crippen LogP contribution >= 0.6 is 0 Å². The molecule has 0 heterocycles. The normalized spacial score (nSPS) is 14.5. The van der Waals surface area contributed by atoms with Crippen molar-refractivity contribution in [3.63, 3.8) is 0 Å². The monoisotopic (exact) mass is 244 g/mol. The van der Waals surface area contributed by atoms with Crippen molar-refractivity contribution in [1.82, 2.24) is 5.32 Å². The molecule has 0 fully saturated rings. The van der Waals surface area contributed by atoms with Crippen molar-refractivity contribution >= 4 is 11.5 Å². The largest absolute Gasteiger partial charge is 0.388 e. The summed E-state index contributed by atoms with van der Waals surface area (Å²) in [5, 5.41) is 3.33. The average Bonchev–Trinajstić information content (AvgIpc) is 2.81. The van der Waals surface area contributed by atoms with Crippen molar-refractivity contribution in [2.24, 2.45) is 0 Å². The van der Waals surface area contributed by atoms with Crippen LogP contribution in [0.5, 0.6) is 0 Å². The molecule has 1 N–H and O–H groups in total. The zero-order valence-electron chi connectivity index (χ0n) is 10.9. The third kappa shape index (κ3) is 3.62. The average molecular weight is 244 g/mol. The van der Waals surface area contributed by atoms with Crippen LogP contribution in [0.2, 0.25) is 0 Å². The SMILES string of the molecule is CN(CCCNC1=CC(=O)CC1)c1ccccc1. The van der Waals surface area contributed by atoms with Gasteiger partial charge in [-0.1, -0.05) is 18.2 Å². The van der Waals surface area contributed by atoms with Crippen molar-refractivity contribution in [2.45, 2.75) is 19.3 Å². The Morgan fingerprint density at radius 3 is 2.67 bits per heavy atom. The smallest absolute Gasteiger partial charge is 0.157 e. The molecule has 1 aliphatic carbocycles. The molecule has 2 rings (SSSR count). The molecule has 1 aliphatic rings. The number of nitrogens with zero attached hydrogens (tertiary/aromatic N) is 1.